The number of fused-ring (bicyclic) bond motifs is 1. The van der Waals surface area contributed by atoms with Gasteiger partial charge < -0.3 is 10.4 Å². The van der Waals surface area contributed by atoms with Crippen LogP contribution in [0, 0.1) is 13.8 Å². The summed E-state index contributed by atoms with van der Waals surface area (Å²) >= 11 is 0. The molecular weight excluding hydrogens is 218 g/mol. The zero-order valence-electron chi connectivity index (χ0n) is 10.3. The van der Waals surface area contributed by atoms with Crippen molar-refractivity contribution >= 4 is 11.6 Å². The molecule has 17 heavy (non-hydrogen) atoms. The number of aliphatic hydroxyl groups is 1. The molecule has 0 bridgehead atoms. The Labute approximate surface area is 99.7 Å². The van der Waals surface area contributed by atoms with Crippen LogP contribution >= 0.6 is 0 Å². The fraction of sp³-hybridized carbons (Fsp3) is 0.545. The molecule has 1 atom stereocenters. The number of nitrogens with one attached hydrogen (secondary N) is 1. The molecule has 0 amide bonds. The average molecular weight is 235 g/mol. The van der Waals surface area contributed by atoms with E-state index in [0.29, 0.717) is 5.78 Å². The van der Waals surface area contributed by atoms with Gasteiger partial charge in [0, 0.05) is 11.3 Å². The molecular formula is C11H17N5O. The van der Waals surface area contributed by atoms with Crippen LogP contribution in [-0.2, 0) is 0 Å². The van der Waals surface area contributed by atoms with Crippen molar-refractivity contribution in [1.29, 1.82) is 0 Å². The largest absolute Gasteiger partial charge is 0.394 e. The van der Waals surface area contributed by atoms with E-state index in [1.807, 2.05) is 20.8 Å². The number of nitrogens with zero attached hydrogens (tertiary/aromatic N) is 4. The minimum atomic E-state index is 0.0166. The maximum atomic E-state index is 9.25. The maximum Gasteiger partial charge on any atom is 0.254 e. The molecule has 2 heterocycles. The Morgan fingerprint density at radius 3 is 2.88 bits per heavy atom. The Balaban J connectivity index is 2.50. The third kappa shape index (κ3) is 2.08. The first kappa shape index (κ1) is 11.8. The highest BCUT2D eigenvalue weighted by atomic mass is 16.3. The van der Waals surface area contributed by atoms with Crippen LogP contribution in [0.5, 0.6) is 0 Å². The zero-order valence-corrected chi connectivity index (χ0v) is 10.3. The molecule has 92 valence electrons. The molecule has 6 nitrogen and oxygen atoms in total. The molecule has 0 unspecified atom stereocenters. The van der Waals surface area contributed by atoms with E-state index in [-0.39, 0.29) is 12.6 Å². The standard InChI is InChI=1S/C11H17N5O/c1-4-9(5-17)15-10-7(2)8(3)14-11-12-6-13-16(10)11/h6,9,15,17H,4-5H2,1-3H3/t9-/m0/s1. The van der Waals surface area contributed by atoms with E-state index >= 15 is 0 Å². The van der Waals surface area contributed by atoms with Crippen molar-refractivity contribution in [2.45, 2.75) is 33.2 Å². The summed E-state index contributed by atoms with van der Waals surface area (Å²) in [4.78, 5) is 8.42. The summed E-state index contributed by atoms with van der Waals surface area (Å²) in [6, 6.07) is 0.0166. The minimum Gasteiger partial charge on any atom is -0.394 e. The lowest BCUT2D eigenvalue weighted by Crippen LogP contribution is -2.25. The molecule has 6 heteroatoms. The van der Waals surface area contributed by atoms with Crippen LogP contribution in [0.15, 0.2) is 6.33 Å². The van der Waals surface area contributed by atoms with Crippen LogP contribution in [-0.4, -0.2) is 37.3 Å². The highest BCUT2D eigenvalue weighted by molar-refractivity contribution is 5.52. The summed E-state index contributed by atoms with van der Waals surface area (Å²) in [6.07, 6.45) is 2.32. The Morgan fingerprint density at radius 1 is 1.47 bits per heavy atom. The van der Waals surface area contributed by atoms with Crippen molar-refractivity contribution in [3.05, 3.63) is 17.6 Å². The first-order chi connectivity index (χ1) is 8.17. The highest BCUT2D eigenvalue weighted by Gasteiger charge is 2.13. The predicted octanol–water partition coefficient (Wildman–Crippen LogP) is 0.924. The van der Waals surface area contributed by atoms with Crippen LogP contribution in [0.2, 0.25) is 0 Å². The summed E-state index contributed by atoms with van der Waals surface area (Å²) in [5, 5.41) is 16.7. The number of aliphatic hydroxyl groups excluding tert-OH is 1. The summed E-state index contributed by atoms with van der Waals surface area (Å²) in [7, 11) is 0. The fourth-order valence-electron chi connectivity index (χ4n) is 1.67. The lowest BCUT2D eigenvalue weighted by molar-refractivity contribution is 0.271. The van der Waals surface area contributed by atoms with E-state index in [0.717, 1.165) is 23.5 Å². The molecule has 0 radical (unpaired) electrons. The van der Waals surface area contributed by atoms with Crippen LogP contribution in [0.3, 0.4) is 0 Å². The van der Waals surface area contributed by atoms with Gasteiger partial charge in [0.15, 0.2) is 0 Å². The normalized spacial score (nSPS) is 12.9. The maximum absolute atomic E-state index is 9.25. The molecule has 0 aromatic carbocycles. The number of hydrogen-bond acceptors (Lipinski definition) is 5. The highest BCUT2D eigenvalue weighted by Crippen LogP contribution is 2.18. The smallest absolute Gasteiger partial charge is 0.254 e. The second kappa shape index (κ2) is 4.67. The third-order valence-corrected chi connectivity index (χ3v) is 2.96. The molecule has 2 aromatic heterocycles. The van der Waals surface area contributed by atoms with Gasteiger partial charge in [-0.05, 0) is 20.3 Å². The monoisotopic (exact) mass is 235 g/mol. The lowest BCUT2D eigenvalue weighted by Gasteiger charge is -2.18. The summed E-state index contributed by atoms with van der Waals surface area (Å²) in [5.74, 6) is 1.43. The second-order valence-electron chi connectivity index (χ2n) is 4.07. The van der Waals surface area contributed by atoms with Crippen molar-refractivity contribution < 1.29 is 5.11 Å². The fourth-order valence-corrected chi connectivity index (χ4v) is 1.67. The van der Waals surface area contributed by atoms with Gasteiger partial charge in [0.1, 0.15) is 12.1 Å². The average Bonchev–Trinajstić information content (AvgIpc) is 2.78. The number of hydrogen-bond donors (Lipinski definition) is 2. The number of rotatable bonds is 4. The topological polar surface area (TPSA) is 75.3 Å². The van der Waals surface area contributed by atoms with Crippen LogP contribution in [0.1, 0.15) is 24.6 Å². The third-order valence-electron chi connectivity index (χ3n) is 2.96. The van der Waals surface area contributed by atoms with Gasteiger partial charge >= 0.3 is 0 Å². The van der Waals surface area contributed by atoms with Gasteiger partial charge in [-0.2, -0.15) is 14.6 Å². The molecule has 0 saturated carbocycles. The molecule has 2 rings (SSSR count). The van der Waals surface area contributed by atoms with Gasteiger partial charge in [-0.15, -0.1) is 0 Å². The van der Waals surface area contributed by atoms with E-state index in [9.17, 15) is 5.11 Å². The minimum absolute atomic E-state index is 0.0166. The molecule has 2 N–H and O–H groups in total. The van der Waals surface area contributed by atoms with E-state index in [2.05, 4.69) is 20.4 Å². The number of anilines is 1. The quantitative estimate of drug-likeness (QED) is 0.824. The lowest BCUT2D eigenvalue weighted by atomic mass is 10.2. The Morgan fingerprint density at radius 2 is 2.24 bits per heavy atom. The van der Waals surface area contributed by atoms with Crippen molar-refractivity contribution in [2.75, 3.05) is 11.9 Å². The summed E-state index contributed by atoms with van der Waals surface area (Å²) in [5.41, 5.74) is 1.94. The van der Waals surface area contributed by atoms with Gasteiger partial charge in [0.25, 0.3) is 5.78 Å². The number of aryl methyl sites for hydroxylation is 1. The molecule has 0 fully saturated rings. The zero-order chi connectivity index (χ0) is 12.4. The molecule has 0 aliphatic rings. The summed E-state index contributed by atoms with van der Waals surface area (Å²) < 4.78 is 1.67. The first-order valence-electron chi connectivity index (χ1n) is 5.71. The van der Waals surface area contributed by atoms with E-state index in [4.69, 9.17) is 0 Å². The van der Waals surface area contributed by atoms with Crippen molar-refractivity contribution in [2.24, 2.45) is 0 Å². The molecule has 0 saturated heterocycles. The van der Waals surface area contributed by atoms with Gasteiger partial charge in [-0.3, -0.25) is 0 Å². The van der Waals surface area contributed by atoms with E-state index in [1.54, 1.807) is 4.52 Å². The first-order valence-corrected chi connectivity index (χ1v) is 5.71. The van der Waals surface area contributed by atoms with Gasteiger partial charge in [0.05, 0.1) is 12.6 Å². The van der Waals surface area contributed by atoms with Crippen molar-refractivity contribution in [3.8, 4) is 0 Å². The Hall–Kier alpha value is -1.69. The van der Waals surface area contributed by atoms with Crippen LogP contribution in [0.4, 0.5) is 5.82 Å². The van der Waals surface area contributed by atoms with Gasteiger partial charge in [0.2, 0.25) is 0 Å². The van der Waals surface area contributed by atoms with E-state index < -0.39 is 0 Å². The molecule has 0 aliphatic heterocycles. The van der Waals surface area contributed by atoms with Crippen LogP contribution < -0.4 is 5.32 Å². The van der Waals surface area contributed by atoms with Gasteiger partial charge in [-0.1, -0.05) is 6.92 Å². The van der Waals surface area contributed by atoms with Crippen molar-refractivity contribution in [3.63, 3.8) is 0 Å². The van der Waals surface area contributed by atoms with Crippen LogP contribution in [0.25, 0.3) is 5.78 Å². The Kier molecular flexibility index (Phi) is 3.23. The van der Waals surface area contributed by atoms with Crippen molar-refractivity contribution in [1.82, 2.24) is 19.6 Å². The molecule has 2 aromatic rings. The Bertz CT molecular complexity index is 518. The second-order valence-corrected chi connectivity index (χ2v) is 4.07. The summed E-state index contributed by atoms with van der Waals surface area (Å²) in [6.45, 7) is 6.04. The SMILES string of the molecule is CC[C@@H](CO)Nc1c(C)c(C)nc2ncnn12. The molecule has 0 spiro atoms. The predicted molar refractivity (Wildman–Crippen MR) is 65.0 cm³/mol. The van der Waals surface area contributed by atoms with E-state index in [1.165, 1.54) is 6.33 Å². The number of aromatic nitrogens is 4. The van der Waals surface area contributed by atoms with Gasteiger partial charge in [-0.25, -0.2) is 4.98 Å². The molecule has 0 aliphatic carbocycles.